The van der Waals surface area contributed by atoms with Crippen molar-refractivity contribution in [3.63, 3.8) is 0 Å². The molecule has 2 aromatic carbocycles. The Kier molecular flexibility index (Phi) is 7.61. The molecule has 0 saturated heterocycles. The van der Waals surface area contributed by atoms with E-state index >= 15 is 0 Å². The van der Waals surface area contributed by atoms with Gasteiger partial charge in [0.25, 0.3) is 5.91 Å². The Hall–Kier alpha value is -3.94. The highest BCUT2D eigenvalue weighted by Crippen LogP contribution is 2.19. The molecule has 3 rings (SSSR count). The van der Waals surface area contributed by atoms with Gasteiger partial charge in [0.2, 0.25) is 5.88 Å². The topological polar surface area (TPSA) is 102 Å². The lowest BCUT2D eigenvalue weighted by Crippen LogP contribution is -2.27. The number of ether oxygens (including phenoxy) is 2. The molecule has 1 aromatic heterocycles. The maximum absolute atomic E-state index is 12.6. The van der Waals surface area contributed by atoms with Gasteiger partial charge in [-0.15, -0.1) is 0 Å². The molecule has 0 aliphatic heterocycles. The minimum atomic E-state index is -0.579. The number of hydrogen-bond acceptors (Lipinski definition) is 6. The predicted octanol–water partition coefficient (Wildman–Crippen LogP) is 4.82. The van der Waals surface area contributed by atoms with Crippen molar-refractivity contribution in [3.8, 4) is 17.1 Å². The second-order valence-electron chi connectivity index (χ2n) is 8.26. The first-order valence-corrected chi connectivity index (χ1v) is 10.7. The van der Waals surface area contributed by atoms with Crippen LogP contribution in [0.1, 0.15) is 43.6 Å². The average Bonchev–Trinajstić information content (AvgIpc) is 2.77. The molecule has 0 radical (unpaired) electrons. The number of carbonyl (C=O) groups excluding carboxylic acids is 2. The first-order valence-electron chi connectivity index (χ1n) is 10.7. The number of amides is 2. The van der Waals surface area contributed by atoms with Gasteiger partial charge in [0.1, 0.15) is 5.60 Å². The van der Waals surface area contributed by atoms with E-state index in [1.54, 1.807) is 63.5 Å². The smallest absolute Gasteiger partial charge is 0.412 e. The summed E-state index contributed by atoms with van der Waals surface area (Å²) in [5.74, 6) is 0.251. The molecule has 8 nitrogen and oxygen atoms in total. The van der Waals surface area contributed by atoms with Crippen molar-refractivity contribution in [2.75, 3.05) is 11.9 Å². The first-order chi connectivity index (χ1) is 15.7. The quantitative estimate of drug-likeness (QED) is 0.537. The molecular formula is C25H28N4O4. The van der Waals surface area contributed by atoms with E-state index in [2.05, 4.69) is 20.6 Å². The number of rotatable bonds is 7. The summed E-state index contributed by atoms with van der Waals surface area (Å²) in [6.07, 6.45) is 2.68. The highest BCUT2D eigenvalue weighted by atomic mass is 16.6. The fourth-order valence-corrected chi connectivity index (χ4v) is 2.96. The largest absolute Gasteiger partial charge is 0.477 e. The summed E-state index contributed by atoms with van der Waals surface area (Å²) in [7, 11) is 0. The molecule has 33 heavy (non-hydrogen) atoms. The third kappa shape index (κ3) is 7.31. The van der Waals surface area contributed by atoms with Gasteiger partial charge in [-0.05, 0) is 57.5 Å². The molecule has 0 unspecified atom stereocenters. The van der Waals surface area contributed by atoms with Gasteiger partial charge in [0.05, 0.1) is 24.7 Å². The Labute approximate surface area is 193 Å². The molecule has 2 amide bonds. The van der Waals surface area contributed by atoms with Gasteiger partial charge in [0.15, 0.2) is 0 Å². The molecule has 3 aromatic rings. The van der Waals surface area contributed by atoms with E-state index in [1.165, 1.54) is 0 Å². The molecule has 0 spiro atoms. The van der Waals surface area contributed by atoms with E-state index in [0.29, 0.717) is 36.0 Å². The predicted molar refractivity (Wildman–Crippen MR) is 126 cm³/mol. The lowest BCUT2D eigenvalue weighted by atomic mass is 10.1. The van der Waals surface area contributed by atoms with Crippen molar-refractivity contribution in [1.82, 2.24) is 15.3 Å². The summed E-state index contributed by atoms with van der Waals surface area (Å²) in [6.45, 7) is 8.11. The second-order valence-corrected chi connectivity index (χ2v) is 8.26. The highest BCUT2D eigenvalue weighted by molar-refractivity contribution is 5.94. The van der Waals surface area contributed by atoms with E-state index in [1.807, 2.05) is 25.1 Å². The van der Waals surface area contributed by atoms with Crippen LogP contribution in [0.25, 0.3) is 11.3 Å². The fourth-order valence-electron chi connectivity index (χ4n) is 2.96. The van der Waals surface area contributed by atoms with E-state index in [4.69, 9.17) is 9.47 Å². The van der Waals surface area contributed by atoms with Gasteiger partial charge >= 0.3 is 6.09 Å². The number of nitrogens with zero attached hydrogens (tertiary/aromatic N) is 2. The zero-order chi connectivity index (χ0) is 23.8. The average molecular weight is 449 g/mol. The molecule has 2 N–H and O–H groups in total. The molecular weight excluding hydrogens is 420 g/mol. The van der Waals surface area contributed by atoms with Crippen molar-refractivity contribution in [2.45, 2.75) is 39.8 Å². The number of hydrogen-bond donors (Lipinski definition) is 2. The highest BCUT2D eigenvalue weighted by Gasteiger charge is 2.16. The van der Waals surface area contributed by atoms with Crippen LogP contribution in [-0.4, -0.2) is 34.2 Å². The lowest BCUT2D eigenvalue weighted by Gasteiger charge is -2.19. The van der Waals surface area contributed by atoms with Crippen molar-refractivity contribution < 1.29 is 19.1 Å². The van der Waals surface area contributed by atoms with Crippen LogP contribution >= 0.6 is 0 Å². The molecule has 0 bridgehead atoms. The zero-order valence-corrected chi connectivity index (χ0v) is 19.2. The minimum Gasteiger partial charge on any atom is -0.477 e. The van der Waals surface area contributed by atoms with Gasteiger partial charge in [-0.2, -0.15) is 0 Å². The van der Waals surface area contributed by atoms with Crippen molar-refractivity contribution >= 4 is 17.7 Å². The monoisotopic (exact) mass is 448 g/mol. The molecule has 0 atom stereocenters. The van der Waals surface area contributed by atoms with Crippen molar-refractivity contribution in [1.29, 1.82) is 0 Å². The maximum atomic E-state index is 12.6. The van der Waals surface area contributed by atoms with E-state index < -0.39 is 11.7 Å². The molecule has 8 heteroatoms. The summed E-state index contributed by atoms with van der Waals surface area (Å²) in [5.41, 5.74) is 2.89. The fraction of sp³-hybridized carbons (Fsp3) is 0.280. The number of nitrogens with one attached hydrogen (secondary N) is 2. The van der Waals surface area contributed by atoms with Crippen molar-refractivity contribution in [2.24, 2.45) is 0 Å². The van der Waals surface area contributed by atoms with Crippen LogP contribution < -0.4 is 15.4 Å². The van der Waals surface area contributed by atoms with Gasteiger partial charge in [0, 0.05) is 23.4 Å². The third-order valence-electron chi connectivity index (χ3n) is 4.37. The minimum absolute atomic E-state index is 0.207. The molecule has 0 aliphatic rings. The standard InChI is InChI=1S/C25H28N4O4/c1-5-32-22-16-26-15-21(29-22)18-9-11-19(12-10-18)23(30)27-14-17-7-6-8-20(13-17)28-24(31)33-25(2,3)4/h6-13,15-16H,5,14H2,1-4H3,(H,27,30)(H,28,31). The number of benzene rings is 2. The molecule has 1 heterocycles. The van der Waals surface area contributed by atoms with Gasteiger partial charge in [-0.25, -0.2) is 9.78 Å². The van der Waals surface area contributed by atoms with Crippen LogP contribution in [0.15, 0.2) is 60.9 Å². The van der Waals surface area contributed by atoms with Gasteiger partial charge < -0.3 is 14.8 Å². The van der Waals surface area contributed by atoms with Gasteiger partial charge in [-0.3, -0.25) is 15.1 Å². The third-order valence-corrected chi connectivity index (χ3v) is 4.37. The Morgan fingerprint density at radius 3 is 2.48 bits per heavy atom. The summed E-state index contributed by atoms with van der Waals surface area (Å²) < 4.78 is 10.6. The Morgan fingerprint density at radius 2 is 1.79 bits per heavy atom. The van der Waals surface area contributed by atoms with Crippen LogP contribution in [-0.2, 0) is 11.3 Å². The van der Waals surface area contributed by atoms with E-state index in [0.717, 1.165) is 11.1 Å². The Bertz CT molecular complexity index is 1110. The van der Waals surface area contributed by atoms with Crippen LogP contribution in [0.3, 0.4) is 0 Å². The molecule has 172 valence electrons. The maximum Gasteiger partial charge on any atom is 0.412 e. The number of carbonyl (C=O) groups is 2. The van der Waals surface area contributed by atoms with Crippen LogP contribution in [0, 0.1) is 0 Å². The normalized spacial score (nSPS) is 10.9. The summed E-state index contributed by atoms with van der Waals surface area (Å²) in [5, 5.41) is 5.59. The summed E-state index contributed by atoms with van der Waals surface area (Å²) in [6, 6.07) is 14.3. The van der Waals surface area contributed by atoms with Crippen molar-refractivity contribution in [3.05, 3.63) is 72.1 Å². The SMILES string of the molecule is CCOc1cncc(-c2ccc(C(=O)NCc3cccc(NC(=O)OC(C)(C)C)c3)cc2)n1. The molecule has 0 saturated carbocycles. The molecule has 0 fully saturated rings. The van der Waals surface area contributed by atoms with E-state index in [-0.39, 0.29) is 5.91 Å². The first kappa shape index (κ1) is 23.7. The Morgan fingerprint density at radius 1 is 1.03 bits per heavy atom. The Balaban J connectivity index is 1.59. The number of anilines is 1. The zero-order valence-electron chi connectivity index (χ0n) is 19.2. The second kappa shape index (κ2) is 10.6. The molecule has 0 aliphatic carbocycles. The van der Waals surface area contributed by atoms with Gasteiger partial charge in [-0.1, -0.05) is 24.3 Å². The summed E-state index contributed by atoms with van der Waals surface area (Å²) in [4.78, 5) is 33.1. The van der Waals surface area contributed by atoms with Crippen LogP contribution in [0.4, 0.5) is 10.5 Å². The van der Waals surface area contributed by atoms with E-state index in [9.17, 15) is 9.59 Å². The lowest BCUT2D eigenvalue weighted by molar-refractivity contribution is 0.0635. The van der Waals surface area contributed by atoms with Crippen LogP contribution in [0.5, 0.6) is 5.88 Å². The van der Waals surface area contributed by atoms with Crippen LogP contribution in [0.2, 0.25) is 0 Å². The number of aromatic nitrogens is 2. The summed E-state index contributed by atoms with van der Waals surface area (Å²) >= 11 is 0.